The minimum absolute atomic E-state index is 0. The molecule has 1 aromatic carbocycles. The molecule has 0 spiro atoms. The third kappa shape index (κ3) is 10.8. The largest absolute Gasteiger partial charge is 0.357 e. The summed E-state index contributed by atoms with van der Waals surface area (Å²) >= 11 is 0. The number of nitrogens with zero attached hydrogens (tertiary/aromatic N) is 2. The number of guanidine groups is 1. The Balaban J connectivity index is 0.00000784. The van der Waals surface area contributed by atoms with Crippen molar-refractivity contribution in [2.24, 2.45) is 4.99 Å². The van der Waals surface area contributed by atoms with E-state index in [1.165, 1.54) is 0 Å². The SMILES string of the molecule is CCNC(=O)c1ccc(CN=C(NCC)NCCCN(C(C)C)C(C)C)cc1.I. The predicted octanol–water partition coefficient (Wildman–Crippen LogP) is 3.62. The zero-order valence-electron chi connectivity index (χ0n) is 18.9. The molecule has 0 aliphatic rings. The summed E-state index contributed by atoms with van der Waals surface area (Å²) in [5.41, 5.74) is 1.76. The lowest BCUT2D eigenvalue weighted by Crippen LogP contribution is -2.41. The van der Waals surface area contributed by atoms with Gasteiger partial charge in [-0.15, -0.1) is 24.0 Å². The summed E-state index contributed by atoms with van der Waals surface area (Å²) in [6, 6.07) is 8.74. The summed E-state index contributed by atoms with van der Waals surface area (Å²) < 4.78 is 0. The van der Waals surface area contributed by atoms with Gasteiger partial charge in [-0.2, -0.15) is 0 Å². The molecule has 166 valence electrons. The summed E-state index contributed by atoms with van der Waals surface area (Å²) in [4.78, 5) is 19.0. The molecule has 3 N–H and O–H groups in total. The summed E-state index contributed by atoms with van der Waals surface area (Å²) in [7, 11) is 0. The summed E-state index contributed by atoms with van der Waals surface area (Å²) in [5.74, 6) is 0.792. The molecule has 0 heterocycles. The number of hydrogen-bond donors (Lipinski definition) is 3. The van der Waals surface area contributed by atoms with Gasteiger partial charge in [0.25, 0.3) is 5.91 Å². The van der Waals surface area contributed by atoms with Gasteiger partial charge in [0.05, 0.1) is 6.54 Å². The molecule has 0 aromatic heterocycles. The fraction of sp³-hybridized carbons (Fsp3) is 0.636. The van der Waals surface area contributed by atoms with E-state index in [9.17, 15) is 4.79 Å². The van der Waals surface area contributed by atoms with Crippen molar-refractivity contribution in [3.8, 4) is 0 Å². The number of aliphatic imine (C=N–C) groups is 1. The summed E-state index contributed by atoms with van der Waals surface area (Å²) in [5, 5.41) is 9.52. The first kappa shape index (κ1) is 27.6. The lowest BCUT2D eigenvalue weighted by Gasteiger charge is -2.30. The molecule has 0 radical (unpaired) electrons. The van der Waals surface area contributed by atoms with Crippen LogP contribution in [-0.2, 0) is 6.54 Å². The molecule has 1 amide bonds. The zero-order valence-corrected chi connectivity index (χ0v) is 21.2. The topological polar surface area (TPSA) is 68.8 Å². The van der Waals surface area contributed by atoms with Crippen molar-refractivity contribution < 1.29 is 4.79 Å². The molecule has 0 bridgehead atoms. The monoisotopic (exact) mass is 517 g/mol. The van der Waals surface area contributed by atoms with Crippen molar-refractivity contribution in [3.05, 3.63) is 35.4 Å². The van der Waals surface area contributed by atoms with Crippen LogP contribution < -0.4 is 16.0 Å². The Kier molecular flexibility index (Phi) is 14.8. The number of amides is 1. The Morgan fingerprint density at radius 3 is 2.07 bits per heavy atom. The molecule has 1 rings (SSSR count). The standard InChI is InChI=1S/C22H39N5O.HI/c1-7-23-21(28)20-12-10-19(11-13-20)16-26-22(24-8-2)25-14-9-15-27(17(3)4)18(5)6;/h10-13,17-18H,7-9,14-16H2,1-6H3,(H,23,28)(H2,24,25,26);1H. The second-order valence-electron chi connectivity index (χ2n) is 7.46. The molecule has 0 saturated heterocycles. The van der Waals surface area contributed by atoms with Gasteiger partial charge < -0.3 is 16.0 Å². The zero-order chi connectivity index (χ0) is 20.9. The first-order valence-electron chi connectivity index (χ1n) is 10.5. The third-order valence-corrected chi connectivity index (χ3v) is 4.53. The molecule has 0 fully saturated rings. The van der Waals surface area contributed by atoms with Gasteiger partial charge in [0.1, 0.15) is 0 Å². The van der Waals surface area contributed by atoms with Crippen LogP contribution in [0.15, 0.2) is 29.3 Å². The molecule has 0 saturated carbocycles. The van der Waals surface area contributed by atoms with Crippen LogP contribution in [0, 0.1) is 0 Å². The molecule has 0 unspecified atom stereocenters. The smallest absolute Gasteiger partial charge is 0.251 e. The Morgan fingerprint density at radius 2 is 1.55 bits per heavy atom. The highest BCUT2D eigenvalue weighted by Gasteiger charge is 2.12. The van der Waals surface area contributed by atoms with E-state index in [1.54, 1.807) is 0 Å². The van der Waals surface area contributed by atoms with Gasteiger partial charge in [0.15, 0.2) is 5.96 Å². The molecule has 29 heavy (non-hydrogen) atoms. The maximum atomic E-state index is 11.8. The molecule has 7 heteroatoms. The number of nitrogens with one attached hydrogen (secondary N) is 3. The second-order valence-corrected chi connectivity index (χ2v) is 7.46. The molecule has 6 nitrogen and oxygen atoms in total. The van der Waals surface area contributed by atoms with Crippen molar-refractivity contribution in [1.29, 1.82) is 0 Å². The van der Waals surface area contributed by atoms with E-state index in [1.807, 2.05) is 31.2 Å². The normalized spacial score (nSPS) is 11.6. The van der Waals surface area contributed by atoms with E-state index in [4.69, 9.17) is 0 Å². The molecular weight excluding hydrogens is 477 g/mol. The van der Waals surface area contributed by atoms with E-state index in [0.717, 1.165) is 37.6 Å². The highest BCUT2D eigenvalue weighted by Crippen LogP contribution is 2.07. The number of hydrogen-bond acceptors (Lipinski definition) is 3. The molecular formula is C22H40IN5O. The fourth-order valence-corrected chi connectivity index (χ4v) is 3.12. The van der Waals surface area contributed by atoms with Crippen LogP contribution in [0.5, 0.6) is 0 Å². The Bertz CT molecular complexity index is 594. The summed E-state index contributed by atoms with van der Waals surface area (Å²) in [6.07, 6.45) is 1.07. The highest BCUT2D eigenvalue weighted by atomic mass is 127. The van der Waals surface area contributed by atoms with E-state index < -0.39 is 0 Å². The number of benzene rings is 1. The first-order valence-corrected chi connectivity index (χ1v) is 10.5. The van der Waals surface area contributed by atoms with Crippen LogP contribution in [0.2, 0.25) is 0 Å². The third-order valence-electron chi connectivity index (χ3n) is 4.53. The van der Waals surface area contributed by atoms with Gasteiger partial charge >= 0.3 is 0 Å². The minimum Gasteiger partial charge on any atom is -0.357 e. The van der Waals surface area contributed by atoms with Crippen LogP contribution in [0.3, 0.4) is 0 Å². The van der Waals surface area contributed by atoms with Gasteiger partial charge in [-0.3, -0.25) is 9.69 Å². The van der Waals surface area contributed by atoms with Gasteiger partial charge in [0, 0.05) is 43.8 Å². The van der Waals surface area contributed by atoms with Crippen LogP contribution >= 0.6 is 24.0 Å². The first-order chi connectivity index (χ1) is 13.4. The maximum absolute atomic E-state index is 11.8. The van der Waals surface area contributed by atoms with Gasteiger partial charge in [-0.25, -0.2) is 4.99 Å². The minimum atomic E-state index is -0.0376. The van der Waals surface area contributed by atoms with Crippen molar-refractivity contribution in [3.63, 3.8) is 0 Å². The fourth-order valence-electron chi connectivity index (χ4n) is 3.12. The van der Waals surface area contributed by atoms with Crippen LogP contribution in [0.25, 0.3) is 0 Å². The maximum Gasteiger partial charge on any atom is 0.251 e. The van der Waals surface area contributed by atoms with E-state index >= 15 is 0 Å². The van der Waals surface area contributed by atoms with Crippen molar-refractivity contribution >= 4 is 35.8 Å². The average molecular weight is 518 g/mol. The van der Waals surface area contributed by atoms with Crippen molar-refractivity contribution in [2.45, 2.75) is 66.6 Å². The Morgan fingerprint density at radius 1 is 0.966 bits per heavy atom. The number of halogens is 1. The quantitative estimate of drug-likeness (QED) is 0.182. The highest BCUT2D eigenvalue weighted by molar-refractivity contribution is 14.0. The van der Waals surface area contributed by atoms with Crippen LogP contribution in [-0.4, -0.2) is 55.0 Å². The van der Waals surface area contributed by atoms with E-state index in [-0.39, 0.29) is 29.9 Å². The van der Waals surface area contributed by atoms with Crippen LogP contribution in [0.1, 0.15) is 63.9 Å². The van der Waals surface area contributed by atoms with Crippen molar-refractivity contribution in [1.82, 2.24) is 20.9 Å². The van der Waals surface area contributed by atoms with E-state index in [2.05, 4.69) is 60.5 Å². The van der Waals surface area contributed by atoms with Crippen molar-refractivity contribution in [2.75, 3.05) is 26.2 Å². The molecule has 0 aliphatic heterocycles. The Labute approximate surface area is 194 Å². The summed E-state index contributed by atoms with van der Waals surface area (Å²) in [6.45, 7) is 17.0. The lowest BCUT2D eigenvalue weighted by atomic mass is 10.1. The Hall–Kier alpha value is -1.35. The van der Waals surface area contributed by atoms with Gasteiger partial charge in [-0.1, -0.05) is 12.1 Å². The molecule has 0 atom stereocenters. The number of carbonyl (C=O) groups excluding carboxylic acids is 1. The lowest BCUT2D eigenvalue weighted by molar-refractivity contribution is 0.0956. The second kappa shape index (κ2) is 15.5. The van der Waals surface area contributed by atoms with Gasteiger partial charge in [0.2, 0.25) is 0 Å². The number of rotatable bonds is 11. The average Bonchev–Trinajstić information content (AvgIpc) is 2.65. The predicted molar refractivity (Wildman–Crippen MR) is 134 cm³/mol. The van der Waals surface area contributed by atoms with Crippen LogP contribution in [0.4, 0.5) is 0 Å². The van der Waals surface area contributed by atoms with Gasteiger partial charge in [-0.05, 0) is 65.7 Å². The molecule has 1 aromatic rings. The van der Waals surface area contributed by atoms with E-state index in [0.29, 0.717) is 30.7 Å². The number of carbonyl (C=O) groups is 1. The molecule has 0 aliphatic carbocycles.